The Morgan fingerprint density at radius 1 is 0.771 bits per heavy atom. The molecule has 0 fully saturated rings. The van der Waals surface area contributed by atoms with Gasteiger partial charge in [0.05, 0.1) is 52.7 Å². The quantitative estimate of drug-likeness (QED) is 0.0485. The molecule has 17 nitrogen and oxygen atoms in total. The van der Waals surface area contributed by atoms with Gasteiger partial charge in [-0.05, 0) is 32.3 Å². The van der Waals surface area contributed by atoms with Crippen LogP contribution in [0, 0.1) is 0 Å². The molecule has 0 radical (unpaired) electrons. The maximum Gasteiger partial charge on any atom is 0.305 e. The second-order valence-corrected chi connectivity index (χ2v) is 10.6. The third kappa shape index (κ3) is 14.0. The summed E-state index contributed by atoms with van der Waals surface area (Å²) in [6, 6.07) is 0. The zero-order valence-electron chi connectivity index (χ0n) is 26.8. The number of nitrogens with one attached hydrogen (secondary N) is 1. The fourth-order valence-corrected chi connectivity index (χ4v) is 4.62. The Kier molecular flexibility index (Phi) is 17.6. The van der Waals surface area contributed by atoms with E-state index in [1.54, 1.807) is 6.92 Å². The lowest BCUT2D eigenvalue weighted by Crippen LogP contribution is -2.55. The first-order valence-electron chi connectivity index (χ1n) is 15.3. The molecule has 0 saturated carbocycles. The highest BCUT2D eigenvalue weighted by Gasteiger charge is 2.37. The largest absolute Gasteiger partial charge is 0.481 e. The minimum Gasteiger partial charge on any atom is -0.481 e. The first-order valence-corrected chi connectivity index (χ1v) is 15.3. The molecule has 2 aliphatic rings. The van der Waals surface area contributed by atoms with E-state index in [1.807, 2.05) is 0 Å². The molecular weight excluding hydrogens is 636 g/mol. The van der Waals surface area contributed by atoms with Crippen LogP contribution in [0.25, 0.3) is 0 Å². The molecule has 0 aromatic rings. The Labute approximate surface area is 277 Å². The number of carboxylic acids is 1. The van der Waals surface area contributed by atoms with Crippen LogP contribution in [0.2, 0.25) is 0 Å². The van der Waals surface area contributed by atoms with Crippen molar-refractivity contribution >= 4 is 47.8 Å². The summed E-state index contributed by atoms with van der Waals surface area (Å²) in [5.41, 5.74) is -1.31. The van der Waals surface area contributed by atoms with Gasteiger partial charge in [-0.3, -0.25) is 53.1 Å². The van der Waals surface area contributed by atoms with Gasteiger partial charge in [0.1, 0.15) is 6.61 Å². The Balaban J connectivity index is 2.00. The van der Waals surface area contributed by atoms with Crippen molar-refractivity contribution in [2.24, 2.45) is 0 Å². The standard InChI is InChI=1S/C31H42N4O13/c1-2-3-25(38)33(23-36)12-9-31(10-13-34-26(39)4-5-27(34)40,11-14-35-28(41)6-7-29(35)42)32-24(37)22-48-21-20-47-19-18-46-17-16-45-15-8-30(43)44/h2-7,23H,8-22H2,1H3,(H,32,37)(H,43,44)/b3-2-. The summed E-state index contributed by atoms with van der Waals surface area (Å²) in [4.78, 5) is 99.6. The summed E-state index contributed by atoms with van der Waals surface area (Å²) in [7, 11) is 0. The van der Waals surface area contributed by atoms with Crippen molar-refractivity contribution in [1.29, 1.82) is 0 Å². The van der Waals surface area contributed by atoms with Gasteiger partial charge in [0, 0.05) is 49.5 Å². The Hall–Kier alpha value is -4.58. The van der Waals surface area contributed by atoms with Crippen molar-refractivity contribution in [1.82, 2.24) is 20.0 Å². The van der Waals surface area contributed by atoms with Crippen LogP contribution >= 0.6 is 0 Å². The van der Waals surface area contributed by atoms with Crippen LogP contribution in [0.4, 0.5) is 0 Å². The van der Waals surface area contributed by atoms with E-state index in [4.69, 9.17) is 24.1 Å². The summed E-state index contributed by atoms with van der Waals surface area (Å²) >= 11 is 0. The summed E-state index contributed by atoms with van der Waals surface area (Å²) in [5.74, 6) is -4.36. The van der Waals surface area contributed by atoms with Crippen molar-refractivity contribution < 1.29 is 62.4 Å². The number of hydrogen-bond acceptors (Lipinski definition) is 12. The molecule has 264 valence electrons. The second kappa shape index (κ2) is 21.3. The lowest BCUT2D eigenvalue weighted by atomic mass is 9.86. The van der Waals surface area contributed by atoms with E-state index in [0.717, 1.165) is 39.0 Å². The van der Waals surface area contributed by atoms with E-state index in [9.17, 15) is 38.4 Å². The fraction of sp³-hybridized carbons (Fsp3) is 0.548. The van der Waals surface area contributed by atoms with Crippen LogP contribution in [0.15, 0.2) is 36.5 Å². The monoisotopic (exact) mass is 678 g/mol. The molecule has 0 aromatic carbocycles. The molecule has 0 bridgehead atoms. The van der Waals surface area contributed by atoms with E-state index in [0.29, 0.717) is 6.41 Å². The maximum absolute atomic E-state index is 13.2. The summed E-state index contributed by atoms with van der Waals surface area (Å²) in [6.45, 7) is 2.02. The number of ether oxygens (including phenoxy) is 4. The average molecular weight is 679 g/mol. The predicted octanol–water partition coefficient (Wildman–Crippen LogP) is -1.04. The van der Waals surface area contributed by atoms with Crippen molar-refractivity contribution in [3.8, 4) is 0 Å². The summed E-state index contributed by atoms with van der Waals surface area (Å²) < 4.78 is 21.3. The van der Waals surface area contributed by atoms with Crippen LogP contribution in [0.3, 0.4) is 0 Å². The van der Waals surface area contributed by atoms with E-state index in [1.165, 1.54) is 12.2 Å². The maximum atomic E-state index is 13.2. The number of carbonyl (C=O) groups is 8. The number of hydrogen-bond donors (Lipinski definition) is 2. The number of carbonyl (C=O) groups excluding carboxylic acids is 7. The van der Waals surface area contributed by atoms with Gasteiger partial charge in [0.25, 0.3) is 29.5 Å². The average Bonchev–Trinajstić information content (AvgIpc) is 3.55. The summed E-state index contributed by atoms with van der Waals surface area (Å²) in [6.07, 6.45) is 7.26. The summed E-state index contributed by atoms with van der Waals surface area (Å²) in [5, 5.41) is 11.4. The number of nitrogens with zero attached hydrogens (tertiary/aromatic N) is 3. The third-order valence-corrected chi connectivity index (χ3v) is 7.19. The fourth-order valence-electron chi connectivity index (χ4n) is 4.62. The normalized spacial score (nSPS) is 14.5. The highest BCUT2D eigenvalue weighted by molar-refractivity contribution is 6.13. The van der Waals surface area contributed by atoms with Crippen molar-refractivity contribution in [2.75, 3.05) is 72.5 Å². The van der Waals surface area contributed by atoms with Gasteiger partial charge in [0.15, 0.2) is 0 Å². The highest BCUT2D eigenvalue weighted by atomic mass is 16.6. The molecular formula is C31H42N4O13. The number of rotatable bonds is 26. The molecule has 2 N–H and O–H groups in total. The first kappa shape index (κ1) is 39.6. The highest BCUT2D eigenvalue weighted by Crippen LogP contribution is 2.24. The van der Waals surface area contributed by atoms with Crippen LogP contribution in [-0.4, -0.2) is 146 Å². The van der Waals surface area contributed by atoms with Crippen molar-refractivity contribution in [2.45, 2.75) is 38.1 Å². The van der Waals surface area contributed by atoms with Gasteiger partial charge in [-0.15, -0.1) is 0 Å². The number of imide groups is 3. The van der Waals surface area contributed by atoms with E-state index in [2.05, 4.69) is 5.32 Å². The molecule has 0 aliphatic carbocycles. The Morgan fingerprint density at radius 2 is 1.23 bits per heavy atom. The van der Waals surface area contributed by atoms with Gasteiger partial charge in [0.2, 0.25) is 12.3 Å². The smallest absolute Gasteiger partial charge is 0.305 e. The Bertz CT molecular complexity index is 1180. The molecule has 0 saturated heterocycles. The number of carboxylic acid groups (broad SMARTS) is 1. The van der Waals surface area contributed by atoms with E-state index in [-0.39, 0.29) is 91.6 Å². The van der Waals surface area contributed by atoms with Crippen molar-refractivity contribution in [3.05, 3.63) is 36.5 Å². The topological polar surface area (TPSA) is 215 Å². The molecule has 0 atom stereocenters. The van der Waals surface area contributed by atoms with Crippen LogP contribution in [0.5, 0.6) is 0 Å². The molecule has 2 aliphatic heterocycles. The zero-order chi connectivity index (χ0) is 35.4. The predicted molar refractivity (Wildman–Crippen MR) is 165 cm³/mol. The molecule has 0 aromatic heterocycles. The molecule has 17 heteroatoms. The first-order chi connectivity index (χ1) is 23.0. The minimum absolute atomic E-state index is 0.0280. The van der Waals surface area contributed by atoms with Gasteiger partial charge in [-0.2, -0.15) is 0 Å². The third-order valence-electron chi connectivity index (χ3n) is 7.19. The second-order valence-electron chi connectivity index (χ2n) is 10.6. The molecule has 0 unspecified atom stereocenters. The molecule has 7 amide bonds. The van der Waals surface area contributed by atoms with Gasteiger partial charge in [-0.25, -0.2) is 0 Å². The molecule has 48 heavy (non-hydrogen) atoms. The van der Waals surface area contributed by atoms with E-state index >= 15 is 0 Å². The minimum atomic E-state index is -1.31. The molecule has 2 heterocycles. The Morgan fingerprint density at radius 3 is 1.67 bits per heavy atom. The van der Waals surface area contributed by atoms with E-state index < -0.39 is 53.6 Å². The molecule has 2 rings (SSSR count). The number of aliphatic carboxylic acids is 1. The van der Waals surface area contributed by atoms with Gasteiger partial charge in [-0.1, -0.05) is 6.08 Å². The van der Waals surface area contributed by atoms with Crippen molar-refractivity contribution in [3.63, 3.8) is 0 Å². The lowest BCUT2D eigenvalue weighted by Gasteiger charge is -2.38. The van der Waals surface area contributed by atoms with Crippen LogP contribution in [0.1, 0.15) is 32.6 Å². The number of amides is 7. The van der Waals surface area contributed by atoms with Crippen LogP contribution in [-0.2, 0) is 57.3 Å². The lowest BCUT2D eigenvalue weighted by molar-refractivity contribution is -0.139. The molecule has 0 spiro atoms. The number of allylic oxidation sites excluding steroid dienone is 1. The van der Waals surface area contributed by atoms with Gasteiger partial charge >= 0.3 is 5.97 Å². The van der Waals surface area contributed by atoms with Crippen LogP contribution < -0.4 is 5.32 Å². The van der Waals surface area contributed by atoms with Gasteiger partial charge < -0.3 is 29.4 Å². The zero-order valence-corrected chi connectivity index (χ0v) is 26.8. The SMILES string of the molecule is C/C=C\C(=O)N(C=O)CCC(CCN1C(=O)C=CC1=O)(CCN1C(=O)C=CC1=O)NC(=O)COCCOCCOCCOCCC(=O)O.